The molecular weight excluding hydrogens is 247 g/mol. The van der Waals surface area contributed by atoms with Crippen LogP contribution < -0.4 is 0 Å². The van der Waals surface area contributed by atoms with Gasteiger partial charge in [-0.2, -0.15) is 0 Å². The van der Waals surface area contributed by atoms with Gasteiger partial charge in [0, 0.05) is 11.3 Å². The summed E-state index contributed by atoms with van der Waals surface area (Å²) in [5, 5.41) is 0. The summed E-state index contributed by atoms with van der Waals surface area (Å²) in [5.41, 5.74) is -0.153. The monoisotopic (exact) mass is 261 g/mol. The van der Waals surface area contributed by atoms with E-state index in [1.165, 1.54) is 24.1 Å². The minimum absolute atomic E-state index is 0.0527. The van der Waals surface area contributed by atoms with E-state index in [1.807, 2.05) is 6.92 Å². The third kappa shape index (κ3) is 4.07. The summed E-state index contributed by atoms with van der Waals surface area (Å²) in [4.78, 5) is 0. The van der Waals surface area contributed by atoms with Gasteiger partial charge in [-0.15, -0.1) is 0 Å². The molecule has 0 amide bonds. The van der Waals surface area contributed by atoms with Crippen molar-refractivity contribution < 1.29 is 13.2 Å². The Labute approximate surface area is 103 Å². The largest absolute Gasteiger partial charge is 0.244 e. The highest BCUT2D eigenvalue weighted by atomic mass is 32.2. The Morgan fingerprint density at radius 2 is 2.12 bits per heavy atom. The maximum absolute atomic E-state index is 13.4. The van der Waals surface area contributed by atoms with Gasteiger partial charge in [-0.1, -0.05) is 19.4 Å². The first-order valence-electron chi connectivity index (χ1n) is 5.39. The summed E-state index contributed by atoms with van der Waals surface area (Å²) in [6.07, 6.45) is 1.97. The van der Waals surface area contributed by atoms with E-state index in [4.69, 9.17) is 0 Å². The van der Waals surface area contributed by atoms with Gasteiger partial charge in [-0.3, -0.25) is 0 Å². The first-order chi connectivity index (χ1) is 8.20. The zero-order chi connectivity index (χ0) is 12.7. The minimum Gasteiger partial charge on any atom is -0.244 e. The number of benzene rings is 1. The first-order valence-corrected chi connectivity index (χ1v) is 6.34. The number of alkyl halides is 1. The standard InChI is InChI=1S/C12H14F3NS/c1-2-3-7-17-16-11(8-13)9-5-4-6-10(14)12(9)15/h4-6H,2-3,7-8H2,1H3/b16-11+. The van der Waals surface area contributed by atoms with Crippen molar-refractivity contribution in [3.63, 3.8) is 0 Å². The molecule has 1 aromatic carbocycles. The zero-order valence-electron chi connectivity index (χ0n) is 9.55. The lowest BCUT2D eigenvalue weighted by molar-refractivity contribution is 0.505. The number of halogens is 3. The van der Waals surface area contributed by atoms with E-state index in [1.54, 1.807) is 0 Å². The average Bonchev–Trinajstić information content (AvgIpc) is 2.34. The molecule has 0 unspecified atom stereocenters. The minimum atomic E-state index is -1.04. The molecule has 1 aromatic rings. The molecule has 0 aliphatic carbocycles. The molecule has 0 N–H and O–H groups in total. The van der Waals surface area contributed by atoms with Crippen LogP contribution >= 0.6 is 11.9 Å². The fourth-order valence-electron chi connectivity index (χ4n) is 1.20. The molecule has 0 aromatic heterocycles. The third-order valence-electron chi connectivity index (χ3n) is 2.15. The third-order valence-corrected chi connectivity index (χ3v) is 2.97. The lowest BCUT2D eigenvalue weighted by Gasteiger charge is -2.04. The SMILES string of the molecule is CCCCS/N=C(\CF)c1cccc(F)c1F. The highest BCUT2D eigenvalue weighted by molar-refractivity contribution is 7.98. The fourth-order valence-corrected chi connectivity index (χ4v) is 2.02. The van der Waals surface area contributed by atoms with Crippen molar-refractivity contribution in [2.45, 2.75) is 19.8 Å². The molecular formula is C12H14F3NS. The molecule has 0 atom stereocenters. The highest BCUT2D eigenvalue weighted by Gasteiger charge is 2.13. The van der Waals surface area contributed by atoms with Crippen LogP contribution in [0.25, 0.3) is 0 Å². The Kier molecular flexibility index (Phi) is 6.11. The van der Waals surface area contributed by atoms with Crippen molar-refractivity contribution in [2.24, 2.45) is 4.40 Å². The Hall–Kier alpha value is -0.970. The molecule has 0 fully saturated rings. The second-order valence-corrected chi connectivity index (χ2v) is 4.31. The van der Waals surface area contributed by atoms with Crippen LogP contribution in [0.4, 0.5) is 13.2 Å². The van der Waals surface area contributed by atoms with Gasteiger partial charge >= 0.3 is 0 Å². The van der Waals surface area contributed by atoms with Crippen molar-refractivity contribution in [1.29, 1.82) is 0 Å². The van der Waals surface area contributed by atoms with E-state index in [9.17, 15) is 13.2 Å². The van der Waals surface area contributed by atoms with Gasteiger partial charge in [-0.25, -0.2) is 17.6 Å². The van der Waals surface area contributed by atoms with Gasteiger partial charge in [0.15, 0.2) is 11.6 Å². The van der Waals surface area contributed by atoms with Crippen LogP contribution in [0.3, 0.4) is 0 Å². The van der Waals surface area contributed by atoms with Gasteiger partial charge in [0.25, 0.3) is 0 Å². The second kappa shape index (κ2) is 7.37. The van der Waals surface area contributed by atoms with Crippen LogP contribution in [-0.4, -0.2) is 18.1 Å². The molecule has 1 nitrogen and oxygen atoms in total. The maximum Gasteiger partial charge on any atom is 0.167 e. The fraction of sp³-hybridized carbons (Fsp3) is 0.417. The zero-order valence-corrected chi connectivity index (χ0v) is 10.4. The molecule has 5 heteroatoms. The Balaban J connectivity index is 2.82. The average molecular weight is 261 g/mol. The Morgan fingerprint density at radius 3 is 2.76 bits per heavy atom. The molecule has 0 saturated heterocycles. The molecule has 0 spiro atoms. The van der Waals surface area contributed by atoms with Crippen molar-refractivity contribution >= 4 is 17.7 Å². The molecule has 94 valence electrons. The number of rotatable bonds is 6. The topological polar surface area (TPSA) is 12.4 Å². The lowest BCUT2D eigenvalue weighted by Crippen LogP contribution is -2.07. The molecule has 0 radical (unpaired) electrons. The van der Waals surface area contributed by atoms with Crippen molar-refractivity contribution in [3.05, 3.63) is 35.4 Å². The smallest absolute Gasteiger partial charge is 0.167 e. The van der Waals surface area contributed by atoms with E-state index in [2.05, 4.69) is 4.40 Å². The van der Waals surface area contributed by atoms with Crippen LogP contribution in [0, 0.1) is 11.6 Å². The number of nitrogens with zero attached hydrogens (tertiary/aromatic N) is 1. The van der Waals surface area contributed by atoms with E-state index < -0.39 is 18.3 Å². The van der Waals surface area contributed by atoms with Gasteiger partial charge in [-0.05, 0) is 30.5 Å². The second-order valence-electron chi connectivity index (χ2n) is 3.46. The number of hydrogen-bond acceptors (Lipinski definition) is 2. The van der Waals surface area contributed by atoms with Crippen LogP contribution in [0.1, 0.15) is 25.3 Å². The summed E-state index contributed by atoms with van der Waals surface area (Å²) in [7, 11) is 0. The summed E-state index contributed by atoms with van der Waals surface area (Å²) in [5.74, 6) is -1.28. The van der Waals surface area contributed by atoms with Gasteiger partial charge < -0.3 is 0 Å². The van der Waals surface area contributed by atoms with E-state index in [0.29, 0.717) is 0 Å². The number of hydrogen-bond donors (Lipinski definition) is 0. The van der Waals surface area contributed by atoms with Crippen LogP contribution in [0.2, 0.25) is 0 Å². The van der Waals surface area contributed by atoms with Crippen molar-refractivity contribution in [2.75, 3.05) is 12.4 Å². The lowest BCUT2D eigenvalue weighted by atomic mass is 10.1. The normalized spacial score (nSPS) is 11.9. The van der Waals surface area contributed by atoms with Crippen LogP contribution in [-0.2, 0) is 0 Å². The quantitative estimate of drug-likeness (QED) is 0.425. The highest BCUT2D eigenvalue weighted by Crippen LogP contribution is 2.16. The van der Waals surface area contributed by atoms with Gasteiger partial charge in [0.2, 0.25) is 0 Å². The van der Waals surface area contributed by atoms with Gasteiger partial charge in [0.05, 0.1) is 5.71 Å². The molecule has 0 bridgehead atoms. The molecule has 1 rings (SSSR count). The van der Waals surface area contributed by atoms with E-state index in [0.717, 1.165) is 24.7 Å². The van der Waals surface area contributed by atoms with Gasteiger partial charge in [0.1, 0.15) is 6.67 Å². The first kappa shape index (κ1) is 14.1. The number of unbranched alkanes of at least 4 members (excludes halogenated alkanes) is 1. The van der Waals surface area contributed by atoms with E-state index in [-0.39, 0.29) is 11.3 Å². The summed E-state index contributed by atoms with van der Waals surface area (Å²) in [6.45, 7) is 1.13. The molecule has 0 aliphatic heterocycles. The summed E-state index contributed by atoms with van der Waals surface area (Å²) < 4.78 is 43.0. The van der Waals surface area contributed by atoms with Crippen LogP contribution in [0.15, 0.2) is 22.6 Å². The molecule has 17 heavy (non-hydrogen) atoms. The van der Waals surface area contributed by atoms with Crippen molar-refractivity contribution in [1.82, 2.24) is 0 Å². The maximum atomic E-state index is 13.4. The molecule has 0 heterocycles. The summed E-state index contributed by atoms with van der Waals surface area (Å²) in [6, 6.07) is 3.67. The van der Waals surface area contributed by atoms with Crippen LogP contribution in [0.5, 0.6) is 0 Å². The molecule has 0 aliphatic rings. The van der Waals surface area contributed by atoms with E-state index >= 15 is 0 Å². The predicted molar refractivity (Wildman–Crippen MR) is 66.2 cm³/mol. The predicted octanol–water partition coefficient (Wildman–Crippen LogP) is 4.17. The summed E-state index contributed by atoms with van der Waals surface area (Å²) >= 11 is 1.18. The molecule has 0 saturated carbocycles. The Bertz CT molecular complexity index is 393. The Morgan fingerprint density at radius 1 is 1.35 bits per heavy atom. The van der Waals surface area contributed by atoms with Crippen molar-refractivity contribution in [3.8, 4) is 0 Å².